The molecular weight excluding hydrogens is 339 g/mol. The quantitative estimate of drug-likeness (QED) is 0.729. The molecule has 0 fully saturated rings. The Bertz CT molecular complexity index is 626. The topological polar surface area (TPSA) is 35.5 Å². The normalized spacial score (nSPS) is 10.2. The summed E-state index contributed by atoms with van der Waals surface area (Å²) >= 11 is 3.23. The number of hydrogen-bond acceptors (Lipinski definition) is 3. The molecule has 0 saturated carbocycles. The molecule has 0 spiro atoms. The van der Waals surface area contributed by atoms with E-state index in [0.29, 0.717) is 22.4 Å². The molecule has 5 heteroatoms. The molecule has 0 aliphatic carbocycles. The highest BCUT2D eigenvalue weighted by molar-refractivity contribution is 9.10. The van der Waals surface area contributed by atoms with E-state index in [9.17, 15) is 9.18 Å². The van der Waals surface area contributed by atoms with Crippen LogP contribution in [0, 0.1) is 5.82 Å². The van der Waals surface area contributed by atoms with E-state index in [1.165, 1.54) is 12.1 Å². The average molecular weight is 353 g/mol. The SMILES string of the molecule is CCOc1ccc(C(=O)COc2cc(Br)ccc2F)cc1. The standard InChI is InChI=1S/C16H14BrFO3/c1-2-20-13-6-3-11(4-7-13)15(19)10-21-16-9-12(17)5-8-14(16)18/h3-9H,2,10H2,1H3. The number of halogens is 2. The zero-order chi connectivity index (χ0) is 15.2. The van der Waals surface area contributed by atoms with Crippen LogP contribution >= 0.6 is 15.9 Å². The van der Waals surface area contributed by atoms with E-state index in [0.717, 1.165) is 0 Å². The van der Waals surface area contributed by atoms with Gasteiger partial charge in [-0.1, -0.05) is 15.9 Å². The molecule has 2 aromatic rings. The van der Waals surface area contributed by atoms with Gasteiger partial charge in [-0.3, -0.25) is 4.79 Å². The van der Waals surface area contributed by atoms with Crippen LogP contribution < -0.4 is 9.47 Å². The van der Waals surface area contributed by atoms with Gasteiger partial charge in [0.15, 0.2) is 24.0 Å². The van der Waals surface area contributed by atoms with E-state index in [4.69, 9.17) is 9.47 Å². The summed E-state index contributed by atoms with van der Waals surface area (Å²) in [4.78, 5) is 12.0. The van der Waals surface area contributed by atoms with Crippen molar-refractivity contribution in [2.24, 2.45) is 0 Å². The summed E-state index contributed by atoms with van der Waals surface area (Å²) in [7, 11) is 0. The molecule has 110 valence electrons. The van der Waals surface area contributed by atoms with Crippen molar-refractivity contribution in [3.63, 3.8) is 0 Å². The Labute approximate surface area is 130 Å². The average Bonchev–Trinajstić information content (AvgIpc) is 2.49. The number of benzene rings is 2. The molecule has 0 bridgehead atoms. The summed E-state index contributed by atoms with van der Waals surface area (Å²) < 4.78 is 24.7. The van der Waals surface area contributed by atoms with E-state index in [1.54, 1.807) is 30.3 Å². The van der Waals surface area contributed by atoms with Crippen molar-refractivity contribution >= 4 is 21.7 Å². The highest BCUT2D eigenvalue weighted by Crippen LogP contribution is 2.22. The van der Waals surface area contributed by atoms with Gasteiger partial charge in [-0.25, -0.2) is 4.39 Å². The van der Waals surface area contributed by atoms with Crippen LogP contribution in [0.5, 0.6) is 11.5 Å². The van der Waals surface area contributed by atoms with Crippen molar-refractivity contribution in [2.45, 2.75) is 6.92 Å². The second kappa shape index (κ2) is 7.22. The fraction of sp³-hybridized carbons (Fsp3) is 0.188. The van der Waals surface area contributed by atoms with Crippen LogP contribution in [0.25, 0.3) is 0 Å². The molecule has 0 N–H and O–H groups in total. The monoisotopic (exact) mass is 352 g/mol. The summed E-state index contributed by atoms with van der Waals surface area (Å²) in [6.45, 7) is 2.24. The molecule has 2 aromatic carbocycles. The Morgan fingerprint density at radius 1 is 1.14 bits per heavy atom. The maximum absolute atomic E-state index is 13.5. The molecule has 21 heavy (non-hydrogen) atoms. The van der Waals surface area contributed by atoms with Gasteiger partial charge in [-0.15, -0.1) is 0 Å². The van der Waals surface area contributed by atoms with Gasteiger partial charge in [-0.05, 0) is 49.4 Å². The van der Waals surface area contributed by atoms with Crippen molar-refractivity contribution in [2.75, 3.05) is 13.2 Å². The second-order valence-electron chi connectivity index (χ2n) is 4.24. The molecule has 0 atom stereocenters. The Morgan fingerprint density at radius 2 is 1.86 bits per heavy atom. The van der Waals surface area contributed by atoms with Crippen LogP contribution in [-0.2, 0) is 0 Å². The fourth-order valence-corrected chi connectivity index (χ4v) is 2.06. The van der Waals surface area contributed by atoms with Crippen molar-refractivity contribution in [3.8, 4) is 11.5 Å². The highest BCUT2D eigenvalue weighted by atomic mass is 79.9. The second-order valence-corrected chi connectivity index (χ2v) is 5.16. The van der Waals surface area contributed by atoms with Gasteiger partial charge in [0.2, 0.25) is 0 Å². The third-order valence-corrected chi connectivity index (χ3v) is 3.23. The molecule has 0 unspecified atom stereocenters. The summed E-state index contributed by atoms with van der Waals surface area (Å²) in [6, 6.07) is 11.1. The van der Waals surface area contributed by atoms with E-state index < -0.39 is 5.82 Å². The van der Waals surface area contributed by atoms with Crippen molar-refractivity contribution in [1.29, 1.82) is 0 Å². The van der Waals surface area contributed by atoms with Gasteiger partial charge in [0.25, 0.3) is 0 Å². The molecule has 0 aliphatic rings. The molecule has 2 rings (SSSR count). The zero-order valence-electron chi connectivity index (χ0n) is 11.4. The summed E-state index contributed by atoms with van der Waals surface area (Å²) in [6.07, 6.45) is 0. The highest BCUT2D eigenvalue weighted by Gasteiger charge is 2.10. The minimum atomic E-state index is -0.502. The maximum Gasteiger partial charge on any atom is 0.200 e. The first kappa shape index (κ1) is 15.5. The molecule has 0 radical (unpaired) electrons. The van der Waals surface area contributed by atoms with Crippen molar-refractivity contribution < 1.29 is 18.7 Å². The smallest absolute Gasteiger partial charge is 0.200 e. The van der Waals surface area contributed by atoms with E-state index in [-0.39, 0.29) is 18.1 Å². The van der Waals surface area contributed by atoms with E-state index in [1.807, 2.05) is 6.92 Å². The Hall–Kier alpha value is -1.88. The van der Waals surface area contributed by atoms with Crippen LogP contribution in [0.3, 0.4) is 0 Å². The number of carbonyl (C=O) groups is 1. The first-order valence-electron chi connectivity index (χ1n) is 6.44. The Balaban J connectivity index is 1.99. The van der Waals surface area contributed by atoms with Gasteiger partial charge >= 0.3 is 0 Å². The van der Waals surface area contributed by atoms with Crippen LogP contribution in [0.15, 0.2) is 46.9 Å². The third-order valence-electron chi connectivity index (χ3n) is 2.74. The van der Waals surface area contributed by atoms with Gasteiger partial charge in [-0.2, -0.15) is 0 Å². The number of Topliss-reactive ketones (excluding diaryl/α,β-unsaturated/α-hetero) is 1. The first-order chi connectivity index (χ1) is 10.1. The number of rotatable bonds is 6. The molecule has 0 aromatic heterocycles. The summed E-state index contributed by atoms with van der Waals surface area (Å²) in [5, 5.41) is 0. The summed E-state index contributed by atoms with van der Waals surface area (Å²) in [5.74, 6) is 0.0202. The first-order valence-corrected chi connectivity index (χ1v) is 7.23. The largest absolute Gasteiger partial charge is 0.494 e. The lowest BCUT2D eigenvalue weighted by atomic mass is 10.1. The molecule has 0 aliphatic heterocycles. The van der Waals surface area contributed by atoms with Gasteiger partial charge < -0.3 is 9.47 Å². The third kappa shape index (κ3) is 4.29. The summed E-state index contributed by atoms with van der Waals surface area (Å²) in [5.41, 5.74) is 0.494. The number of hydrogen-bond donors (Lipinski definition) is 0. The van der Waals surface area contributed by atoms with E-state index in [2.05, 4.69) is 15.9 Å². The predicted molar refractivity (Wildman–Crippen MR) is 81.5 cm³/mol. The predicted octanol–water partition coefficient (Wildman–Crippen LogP) is 4.25. The minimum absolute atomic E-state index is 0.0451. The van der Waals surface area contributed by atoms with Crippen LogP contribution in [-0.4, -0.2) is 19.0 Å². The number of ketones is 1. The fourth-order valence-electron chi connectivity index (χ4n) is 1.72. The minimum Gasteiger partial charge on any atom is -0.494 e. The zero-order valence-corrected chi connectivity index (χ0v) is 13.0. The lowest BCUT2D eigenvalue weighted by molar-refractivity contribution is 0.0918. The van der Waals surface area contributed by atoms with Crippen LogP contribution in [0.2, 0.25) is 0 Å². The van der Waals surface area contributed by atoms with Gasteiger partial charge in [0.1, 0.15) is 5.75 Å². The Morgan fingerprint density at radius 3 is 2.52 bits per heavy atom. The maximum atomic E-state index is 13.5. The van der Waals surface area contributed by atoms with E-state index >= 15 is 0 Å². The number of ether oxygens (including phenoxy) is 2. The molecule has 0 saturated heterocycles. The van der Waals surface area contributed by atoms with Crippen molar-refractivity contribution in [1.82, 2.24) is 0 Å². The molecular formula is C16H14BrFO3. The van der Waals surface area contributed by atoms with Crippen LogP contribution in [0.4, 0.5) is 4.39 Å². The lowest BCUT2D eigenvalue weighted by Gasteiger charge is -2.08. The Kier molecular flexibility index (Phi) is 5.33. The lowest BCUT2D eigenvalue weighted by Crippen LogP contribution is -2.12. The van der Waals surface area contributed by atoms with Crippen LogP contribution in [0.1, 0.15) is 17.3 Å². The van der Waals surface area contributed by atoms with Gasteiger partial charge in [0, 0.05) is 10.0 Å². The number of carbonyl (C=O) groups excluding carboxylic acids is 1. The molecule has 3 nitrogen and oxygen atoms in total. The van der Waals surface area contributed by atoms with Gasteiger partial charge in [0.05, 0.1) is 6.61 Å². The molecule has 0 amide bonds. The molecule has 0 heterocycles. The van der Waals surface area contributed by atoms with Crippen molar-refractivity contribution in [3.05, 3.63) is 58.3 Å².